The smallest absolute Gasteiger partial charge is 0.424 e. The number of aryl methyl sites for hydroxylation is 1. The standard InChI is InChI=1S/C23H26F3N7O/c1-16-6-8-17(9-7-16)27-19-15-20(30(2)3)29-22(28-19)32-13-11-31(12-14-32)21-18(23(24,25)26)5-4-10-33(21)34/h4-10,15H,11-14H2,1-3H3,(H,27,28,29). The summed E-state index contributed by atoms with van der Waals surface area (Å²) in [6.07, 6.45) is -3.52. The molecule has 1 aliphatic rings. The first-order valence-corrected chi connectivity index (χ1v) is 10.8. The molecule has 0 bridgehead atoms. The van der Waals surface area contributed by atoms with Crippen LogP contribution in [0.15, 0.2) is 48.7 Å². The normalized spacial score (nSPS) is 14.3. The van der Waals surface area contributed by atoms with Gasteiger partial charge in [-0.15, -0.1) is 0 Å². The second-order valence-electron chi connectivity index (χ2n) is 8.34. The van der Waals surface area contributed by atoms with Crippen molar-refractivity contribution in [2.75, 3.05) is 60.3 Å². The van der Waals surface area contributed by atoms with E-state index < -0.39 is 11.7 Å². The Morgan fingerprint density at radius 3 is 2.26 bits per heavy atom. The van der Waals surface area contributed by atoms with Gasteiger partial charge in [0.1, 0.15) is 30.3 Å². The Balaban J connectivity index is 1.55. The van der Waals surface area contributed by atoms with Crippen LogP contribution < -0.4 is 24.7 Å². The van der Waals surface area contributed by atoms with Gasteiger partial charge in [0.15, 0.2) is 0 Å². The molecule has 0 atom stereocenters. The number of rotatable bonds is 5. The quantitative estimate of drug-likeness (QED) is 0.449. The lowest BCUT2D eigenvalue weighted by Crippen LogP contribution is -2.51. The van der Waals surface area contributed by atoms with Crippen LogP contribution in [-0.2, 0) is 6.18 Å². The van der Waals surface area contributed by atoms with Crippen LogP contribution in [0.25, 0.3) is 0 Å². The zero-order valence-electron chi connectivity index (χ0n) is 19.2. The molecular weight excluding hydrogens is 447 g/mol. The number of benzene rings is 1. The molecule has 1 aliphatic heterocycles. The average molecular weight is 474 g/mol. The Bertz CT molecular complexity index is 1140. The molecule has 3 aromatic rings. The number of hydrogen-bond donors (Lipinski definition) is 1. The topological polar surface area (TPSA) is 74.5 Å². The molecule has 0 unspecified atom stereocenters. The van der Waals surface area contributed by atoms with Gasteiger partial charge in [-0.2, -0.15) is 23.1 Å². The summed E-state index contributed by atoms with van der Waals surface area (Å²) in [6, 6.07) is 11.8. The molecule has 11 heteroatoms. The zero-order valence-corrected chi connectivity index (χ0v) is 19.2. The molecule has 0 amide bonds. The monoisotopic (exact) mass is 473 g/mol. The van der Waals surface area contributed by atoms with Crippen molar-refractivity contribution in [3.05, 3.63) is 65.0 Å². The molecule has 2 aromatic heterocycles. The van der Waals surface area contributed by atoms with E-state index in [1.165, 1.54) is 4.90 Å². The Morgan fingerprint density at radius 2 is 1.65 bits per heavy atom. The second-order valence-corrected chi connectivity index (χ2v) is 8.34. The van der Waals surface area contributed by atoms with E-state index in [1.54, 1.807) is 0 Å². The van der Waals surface area contributed by atoms with Crippen LogP contribution in [0, 0.1) is 12.1 Å². The van der Waals surface area contributed by atoms with E-state index in [2.05, 4.69) is 15.3 Å². The van der Waals surface area contributed by atoms with E-state index in [0.717, 1.165) is 29.6 Å². The van der Waals surface area contributed by atoms with Crippen LogP contribution in [0.4, 0.5) is 42.3 Å². The molecule has 0 saturated carbocycles. The molecule has 34 heavy (non-hydrogen) atoms. The van der Waals surface area contributed by atoms with Gasteiger partial charge in [-0.25, -0.2) is 4.73 Å². The minimum atomic E-state index is -4.61. The minimum Gasteiger partial charge on any atom is -0.711 e. The number of pyridine rings is 1. The maximum absolute atomic E-state index is 13.5. The van der Waals surface area contributed by atoms with Crippen LogP contribution >= 0.6 is 0 Å². The molecule has 1 saturated heterocycles. The van der Waals surface area contributed by atoms with Crippen LogP contribution in [0.1, 0.15) is 11.1 Å². The number of anilines is 5. The highest BCUT2D eigenvalue weighted by Crippen LogP contribution is 2.35. The van der Waals surface area contributed by atoms with Gasteiger partial charge >= 0.3 is 6.18 Å². The molecule has 4 rings (SSSR count). The molecule has 0 aliphatic carbocycles. The predicted octanol–water partition coefficient (Wildman–Crippen LogP) is 3.57. The molecule has 0 spiro atoms. The van der Waals surface area contributed by atoms with Gasteiger partial charge in [-0.05, 0) is 31.2 Å². The molecule has 8 nitrogen and oxygen atoms in total. The van der Waals surface area contributed by atoms with Gasteiger partial charge in [0.25, 0.3) is 5.82 Å². The molecule has 3 heterocycles. The second kappa shape index (κ2) is 9.24. The fraction of sp³-hybridized carbons (Fsp3) is 0.348. The number of piperazine rings is 1. The summed E-state index contributed by atoms with van der Waals surface area (Å²) in [5.74, 6) is 1.40. The maximum Gasteiger partial charge on any atom is 0.424 e. The number of halogens is 3. The summed E-state index contributed by atoms with van der Waals surface area (Å²) in [4.78, 5) is 14.5. The highest BCUT2D eigenvalue weighted by Gasteiger charge is 2.40. The lowest BCUT2D eigenvalue weighted by molar-refractivity contribution is -0.593. The highest BCUT2D eigenvalue weighted by molar-refractivity contribution is 5.62. The summed E-state index contributed by atoms with van der Waals surface area (Å²) in [6.45, 7) is 3.20. The average Bonchev–Trinajstić information content (AvgIpc) is 2.80. The van der Waals surface area contributed by atoms with E-state index >= 15 is 0 Å². The summed E-state index contributed by atoms with van der Waals surface area (Å²) in [5.41, 5.74) is 1.09. The van der Waals surface area contributed by atoms with Crippen LogP contribution in [-0.4, -0.2) is 50.2 Å². The van der Waals surface area contributed by atoms with Crippen molar-refractivity contribution in [1.82, 2.24) is 9.97 Å². The van der Waals surface area contributed by atoms with E-state index in [1.807, 2.05) is 61.2 Å². The summed E-state index contributed by atoms with van der Waals surface area (Å²) in [7, 11) is 3.75. The lowest BCUT2D eigenvalue weighted by atomic mass is 10.2. The molecule has 0 radical (unpaired) electrons. The Hall–Kier alpha value is -3.76. The van der Waals surface area contributed by atoms with Crippen LogP contribution in [0.3, 0.4) is 0 Å². The number of aromatic nitrogens is 3. The van der Waals surface area contributed by atoms with E-state index in [9.17, 15) is 18.4 Å². The van der Waals surface area contributed by atoms with Crippen LogP contribution in [0.2, 0.25) is 0 Å². The third-order valence-electron chi connectivity index (χ3n) is 5.58. The van der Waals surface area contributed by atoms with Crippen molar-refractivity contribution in [2.24, 2.45) is 0 Å². The highest BCUT2D eigenvalue weighted by atomic mass is 19.4. The van der Waals surface area contributed by atoms with Crippen molar-refractivity contribution in [3.8, 4) is 0 Å². The summed E-state index contributed by atoms with van der Waals surface area (Å²) < 4.78 is 40.7. The molecule has 1 fully saturated rings. The number of alkyl halides is 3. The third-order valence-corrected chi connectivity index (χ3v) is 5.58. The van der Waals surface area contributed by atoms with Gasteiger partial charge in [0.05, 0.1) is 19.3 Å². The van der Waals surface area contributed by atoms with Crippen LogP contribution in [0.5, 0.6) is 0 Å². The minimum absolute atomic E-state index is 0.228. The van der Waals surface area contributed by atoms with E-state index in [-0.39, 0.29) is 23.6 Å². The fourth-order valence-corrected chi connectivity index (χ4v) is 3.77. The molecule has 1 N–H and O–H groups in total. The van der Waals surface area contributed by atoms with Crippen molar-refractivity contribution < 1.29 is 17.9 Å². The van der Waals surface area contributed by atoms with Gasteiger partial charge in [0, 0.05) is 25.8 Å². The van der Waals surface area contributed by atoms with Gasteiger partial charge in [-0.3, -0.25) is 4.90 Å². The SMILES string of the molecule is Cc1ccc(Nc2cc(N(C)C)nc(N3CCN(c4c(C(F)(F)F)ccc[n+]4[O-])CC3)n2)cc1. The van der Waals surface area contributed by atoms with Crippen molar-refractivity contribution in [3.63, 3.8) is 0 Å². The zero-order chi connectivity index (χ0) is 24.5. The number of nitrogens with zero attached hydrogens (tertiary/aromatic N) is 6. The maximum atomic E-state index is 13.5. The van der Waals surface area contributed by atoms with Crippen molar-refractivity contribution in [1.29, 1.82) is 0 Å². The third kappa shape index (κ3) is 5.08. The number of hydrogen-bond acceptors (Lipinski definition) is 7. The first kappa shape index (κ1) is 23.4. The molecule has 180 valence electrons. The van der Waals surface area contributed by atoms with Crippen molar-refractivity contribution >= 4 is 29.1 Å². The largest absolute Gasteiger partial charge is 0.711 e. The fourth-order valence-electron chi connectivity index (χ4n) is 3.77. The Morgan fingerprint density at radius 1 is 1.00 bits per heavy atom. The number of nitrogens with one attached hydrogen (secondary N) is 1. The van der Waals surface area contributed by atoms with E-state index in [4.69, 9.17) is 0 Å². The summed E-state index contributed by atoms with van der Waals surface area (Å²) in [5, 5.41) is 15.5. The summed E-state index contributed by atoms with van der Waals surface area (Å²) >= 11 is 0. The van der Waals surface area contributed by atoms with E-state index in [0.29, 0.717) is 30.7 Å². The Kier molecular flexibility index (Phi) is 6.36. The van der Waals surface area contributed by atoms with Gasteiger partial charge in [0.2, 0.25) is 5.95 Å². The Labute approximate surface area is 195 Å². The van der Waals surface area contributed by atoms with Gasteiger partial charge in [-0.1, -0.05) is 17.7 Å². The first-order chi connectivity index (χ1) is 16.1. The van der Waals surface area contributed by atoms with Gasteiger partial charge < -0.3 is 20.3 Å². The molecular formula is C23H26F3N7O. The van der Waals surface area contributed by atoms with Crippen molar-refractivity contribution in [2.45, 2.75) is 13.1 Å². The lowest BCUT2D eigenvalue weighted by Gasteiger charge is -2.33. The molecule has 1 aromatic carbocycles. The first-order valence-electron chi connectivity index (χ1n) is 10.8. The predicted molar refractivity (Wildman–Crippen MR) is 126 cm³/mol.